The fourth-order valence-corrected chi connectivity index (χ4v) is 2.92. The lowest BCUT2D eigenvalue weighted by atomic mass is 10.3. The van der Waals surface area contributed by atoms with Crippen LogP contribution in [0.5, 0.6) is 0 Å². The first-order valence-corrected chi connectivity index (χ1v) is 6.82. The third kappa shape index (κ3) is 2.73. The number of sulfone groups is 1. The molecular formula is C9H14N2O4S. The van der Waals surface area contributed by atoms with Gasteiger partial charge in [0.05, 0.1) is 25.0 Å². The predicted octanol–water partition coefficient (Wildman–Crippen LogP) is -0.661. The fourth-order valence-electron chi connectivity index (χ4n) is 1.68. The van der Waals surface area contributed by atoms with Gasteiger partial charge >= 0.3 is 6.03 Å². The summed E-state index contributed by atoms with van der Waals surface area (Å²) in [7, 11) is -3.11. The molecule has 0 aromatic carbocycles. The zero-order chi connectivity index (χ0) is 11.6. The Morgan fingerprint density at radius 2 is 2.06 bits per heavy atom. The highest BCUT2D eigenvalue weighted by Gasteiger charge is 2.25. The number of morpholine rings is 1. The van der Waals surface area contributed by atoms with Crippen molar-refractivity contribution in [3.8, 4) is 0 Å². The Balaban J connectivity index is 1.86. The first-order valence-electron chi connectivity index (χ1n) is 5.11. The van der Waals surface area contributed by atoms with E-state index in [1.807, 2.05) is 0 Å². The van der Waals surface area contributed by atoms with Crippen LogP contribution in [0, 0.1) is 0 Å². The van der Waals surface area contributed by atoms with Gasteiger partial charge in [0, 0.05) is 18.5 Å². The molecule has 2 aliphatic heterocycles. The minimum Gasteiger partial charge on any atom is -0.378 e. The lowest BCUT2D eigenvalue weighted by Gasteiger charge is -2.27. The zero-order valence-corrected chi connectivity index (χ0v) is 9.57. The number of rotatable bonds is 1. The molecule has 6 nitrogen and oxygen atoms in total. The van der Waals surface area contributed by atoms with Crippen molar-refractivity contribution in [1.29, 1.82) is 0 Å². The van der Waals surface area contributed by atoms with Crippen molar-refractivity contribution in [3.63, 3.8) is 0 Å². The van der Waals surface area contributed by atoms with Crippen LogP contribution in [0.25, 0.3) is 0 Å². The number of nitrogens with zero attached hydrogens (tertiary/aromatic N) is 1. The monoisotopic (exact) mass is 246 g/mol. The van der Waals surface area contributed by atoms with E-state index in [0.29, 0.717) is 26.3 Å². The standard InChI is InChI=1S/C9H14N2O4S/c12-9(11-2-4-15-5-3-11)10-8-1-6-16(13,14)7-8/h1,6,8H,2-5,7H2,(H,10,12). The number of urea groups is 1. The first-order chi connectivity index (χ1) is 7.57. The Kier molecular flexibility index (Phi) is 3.15. The van der Waals surface area contributed by atoms with Crippen molar-refractivity contribution < 1.29 is 17.9 Å². The van der Waals surface area contributed by atoms with Crippen molar-refractivity contribution in [2.45, 2.75) is 6.04 Å². The molecule has 1 saturated heterocycles. The molecule has 1 fully saturated rings. The van der Waals surface area contributed by atoms with E-state index in [2.05, 4.69) is 5.32 Å². The summed E-state index contributed by atoms with van der Waals surface area (Å²) in [5, 5.41) is 3.82. The predicted molar refractivity (Wildman–Crippen MR) is 57.6 cm³/mol. The molecule has 0 saturated carbocycles. The first kappa shape index (κ1) is 11.4. The number of hydrogen-bond acceptors (Lipinski definition) is 4. The Hall–Kier alpha value is -1.08. The van der Waals surface area contributed by atoms with Crippen molar-refractivity contribution in [2.24, 2.45) is 0 Å². The van der Waals surface area contributed by atoms with Crippen molar-refractivity contribution >= 4 is 15.9 Å². The number of carbonyl (C=O) groups excluding carboxylic acids is 1. The molecule has 0 bridgehead atoms. The van der Waals surface area contributed by atoms with Gasteiger partial charge in [0.1, 0.15) is 0 Å². The Morgan fingerprint density at radius 1 is 1.38 bits per heavy atom. The Bertz CT molecular complexity index is 398. The minimum absolute atomic E-state index is 0.0386. The van der Waals surface area contributed by atoms with Crippen LogP contribution < -0.4 is 5.32 Å². The lowest BCUT2D eigenvalue weighted by molar-refractivity contribution is 0.0530. The molecule has 16 heavy (non-hydrogen) atoms. The number of hydrogen-bond donors (Lipinski definition) is 1. The van der Waals surface area contributed by atoms with Crippen LogP contribution in [0.15, 0.2) is 11.5 Å². The molecule has 1 atom stereocenters. The molecule has 0 spiro atoms. The summed E-state index contributed by atoms with van der Waals surface area (Å²) in [6, 6.07) is -0.629. The molecule has 0 radical (unpaired) electrons. The molecule has 1 unspecified atom stereocenters. The van der Waals surface area contributed by atoms with Gasteiger partial charge in [0.2, 0.25) is 0 Å². The van der Waals surface area contributed by atoms with E-state index in [1.165, 1.54) is 6.08 Å². The summed E-state index contributed by atoms with van der Waals surface area (Å²) in [5.41, 5.74) is 0. The van der Waals surface area contributed by atoms with E-state index in [0.717, 1.165) is 5.41 Å². The highest BCUT2D eigenvalue weighted by Crippen LogP contribution is 2.08. The van der Waals surface area contributed by atoms with Gasteiger partial charge in [0.15, 0.2) is 9.84 Å². The van der Waals surface area contributed by atoms with Crippen LogP contribution in [-0.2, 0) is 14.6 Å². The highest BCUT2D eigenvalue weighted by atomic mass is 32.2. The summed E-state index contributed by atoms with van der Waals surface area (Å²) in [5.74, 6) is -0.0386. The van der Waals surface area contributed by atoms with Crippen LogP contribution in [0.3, 0.4) is 0 Å². The topological polar surface area (TPSA) is 75.7 Å². The maximum Gasteiger partial charge on any atom is 0.318 e. The van der Waals surface area contributed by atoms with Gasteiger partial charge in [0.25, 0.3) is 0 Å². The number of ether oxygens (including phenoxy) is 1. The second-order valence-electron chi connectivity index (χ2n) is 3.81. The molecule has 1 N–H and O–H groups in total. The van der Waals surface area contributed by atoms with E-state index in [4.69, 9.17) is 4.74 Å². The second kappa shape index (κ2) is 4.42. The van der Waals surface area contributed by atoms with E-state index >= 15 is 0 Å². The van der Waals surface area contributed by atoms with Crippen LogP contribution in [-0.4, -0.2) is 57.4 Å². The van der Waals surface area contributed by atoms with Crippen molar-refractivity contribution in [1.82, 2.24) is 10.2 Å². The summed E-state index contributed by atoms with van der Waals surface area (Å²) in [6.07, 6.45) is 1.51. The molecule has 2 amide bonds. The third-order valence-electron chi connectivity index (χ3n) is 2.54. The maximum atomic E-state index is 11.7. The molecule has 0 aliphatic carbocycles. The van der Waals surface area contributed by atoms with Gasteiger partial charge in [-0.05, 0) is 6.08 Å². The normalized spacial score (nSPS) is 28.0. The van der Waals surface area contributed by atoms with E-state index < -0.39 is 15.9 Å². The number of carbonyl (C=O) groups is 1. The fraction of sp³-hybridized carbons (Fsp3) is 0.667. The van der Waals surface area contributed by atoms with Crippen LogP contribution in [0.4, 0.5) is 4.79 Å². The van der Waals surface area contributed by atoms with Crippen molar-refractivity contribution in [2.75, 3.05) is 32.1 Å². The van der Waals surface area contributed by atoms with E-state index in [1.54, 1.807) is 4.90 Å². The maximum absolute atomic E-state index is 11.7. The summed E-state index contributed by atoms with van der Waals surface area (Å²) in [6.45, 7) is 2.17. The van der Waals surface area contributed by atoms with E-state index in [9.17, 15) is 13.2 Å². The van der Waals surface area contributed by atoms with Gasteiger partial charge in [-0.3, -0.25) is 0 Å². The highest BCUT2D eigenvalue weighted by molar-refractivity contribution is 7.94. The number of amides is 2. The summed E-state index contributed by atoms with van der Waals surface area (Å²) >= 11 is 0. The van der Waals surface area contributed by atoms with Gasteiger partial charge in [-0.25, -0.2) is 13.2 Å². The SMILES string of the molecule is O=C(NC1C=CS(=O)(=O)C1)N1CCOCC1. The average molecular weight is 246 g/mol. The summed E-state index contributed by atoms with van der Waals surface area (Å²) in [4.78, 5) is 13.3. The second-order valence-corrected chi connectivity index (χ2v) is 5.74. The smallest absolute Gasteiger partial charge is 0.318 e. The van der Waals surface area contributed by atoms with E-state index in [-0.39, 0.29) is 11.8 Å². The molecule has 2 aliphatic rings. The molecule has 0 aromatic rings. The zero-order valence-electron chi connectivity index (χ0n) is 8.76. The molecule has 2 rings (SSSR count). The molecule has 90 valence electrons. The van der Waals surface area contributed by atoms with Crippen LogP contribution in [0.2, 0.25) is 0 Å². The van der Waals surface area contributed by atoms with Gasteiger partial charge in [-0.15, -0.1) is 0 Å². The quantitative estimate of drug-likeness (QED) is 0.666. The molecule has 2 heterocycles. The van der Waals surface area contributed by atoms with Crippen LogP contribution >= 0.6 is 0 Å². The lowest BCUT2D eigenvalue weighted by Crippen LogP contribution is -2.49. The third-order valence-corrected chi connectivity index (χ3v) is 3.93. The van der Waals surface area contributed by atoms with Gasteiger partial charge < -0.3 is 15.0 Å². The summed E-state index contributed by atoms with van der Waals surface area (Å²) < 4.78 is 27.4. The molecular weight excluding hydrogens is 232 g/mol. The van der Waals surface area contributed by atoms with Crippen molar-refractivity contribution in [3.05, 3.63) is 11.5 Å². The van der Waals surface area contributed by atoms with Gasteiger partial charge in [-0.2, -0.15) is 0 Å². The largest absolute Gasteiger partial charge is 0.378 e. The molecule has 0 aromatic heterocycles. The van der Waals surface area contributed by atoms with Crippen LogP contribution in [0.1, 0.15) is 0 Å². The average Bonchev–Trinajstić information content (AvgIpc) is 2.59. The Labute approximate surface area is 94.2 Å². The Morgan fingerprint density at radius 3 is 2.62 bits per heavy atom. The molecule has 7 heteroatoms. The number of nitrogens with one attached hydrogen (secondary N) is 1. The van der Waals surface area contributed by atoms with Gasteiger partial charge in [-0.1, -0.05) is 0 Å². The minimum atomic E-state index is -3.11.